The van der Waals surface area contributed by atoms with Gasteiger partial charge in [-0.05, 0) is 35.4 Å². The van der Waals surface area contributed by atoms with E-state index in [1.807, 2.05) is 22.9 Å². The Morgan fingerprint density at radius 2 is 1.71 bits per heavy atom. The molecule has 2 aromatic heterocycles. The van der Waals surface area contributed by atoms with E-state index in [4.69, 9.17) is 0 Å². The van der Waals surface area contributed by atoms with E-state index < -0.39 is 0 Å². The molecule has 0 fully saturated rings. The standard InChI is InChI=1S/C21H18FN5O/c22-19-11-17(3-6-20(19)27-10-8-24-15-27)12-25-21(28)18-4-1-16(2-5-18)13-26-9-7-23-14-26/h1-11,14-15H,12-13H2,(H,25,28). The Morgan fingerprint density at radius 1 is 0.964 bits per heavy atom. The van der Waals surface area contributed by atoms with Gasteiger partial charge in [-0.1, -0.05) is 18.2 Å². The van der Waals surface area contributed by atoms with Gasteiger partial charge in [0.05, 0.1) is 18.3 Å². The van der Waals surface area contributed by atoms with Gasteiger partial charge in [-0.15, -0.1) is 0 Å². The fourth-order valence-electron chi connectivity index (χ4n) is 2.91. The summed E-state index contributed by atoms with van der Waals surface area (Å²) in [4.78, 5) is 20.3. The monoisotopic (exact) mass is 375 g/mol. The summed E-state index contributed by atoms with van der Waals surface area (Å²) in [6.07, 6.45) is 10.2. The molecule has 140 valence electrons. The highest BCUT2D eigenvalue weighted by molar-refractivity contribution is 5.94. The van der Waals surface area contributed by atoms with Crippen LogP contribution >= 0.6 is 0 Å². The van der Waals surface area contributed by atoms with Gasteiger partial charge in [-0.25, -0.2) is 14.4 Å². The lowest BCUT2D eigenvalue weighted by Gasteiger charge is -2.09. The van der Waals surface area contributed by atoms with Crippen LogP contribution in [0.25, 0.3) is 5.69 Å². The zero-order valence-electron chi connectivity index (χ0n) is 15.0. The quantitative estimate of drug-likeness (QED) is 0.563. The van der Waals surface area contributed by atoms with Crippen LogP contribution in [0.2, 0.25) is 0 Å². The lowest BCUT2D eigenvalue weighted by Crippen LogP contribution is -2.22. The van der Waals surface area contributed by atoms with Crippen LogP contribution in [0.5, 0.6) is 0 Å². The average molecular weight is 375 g/mol. The molecule has 0 unspecified atom stereocenters. The topological polar surface area (TPSA) is 64.7 Å². The number of hydrogen-bond acceptors (Lipinski definition) is 3. The second kappa shape index (κ2) is 7.87. The number of nitrogens with zero attached hydrogens (tertiary/aromatic N) is 4. The molecule has 6 nitrogen and oxygen atoms in total. The smallest absolute Gasteiger partial charge is 0.251 e. The number of aromatic nitrogens is 4. The minimum absolute atomic E-state index is 0.201. The van der Waals surface area contributed by atoms with E-state index in [2.05, 4.69) is 15.3 Å². The van der Waals surface area contributed by atoms with Crippen LogP contribution in [0, 0.1) is 5.82 Å². The molecule has 0 spiro atoms. The fourth-order valence-corrected chi connectivity index (χ4v) is 2.91. The van der Waals surface area contributed by atoms with E-state index in [-0.39, 0.29) is 18.3 Å². The summed E-state index contributed by atoms with van der Waals surface area (Å²) in [6.45, 7) is 0.946. The number of carbonyl (C=O) groups is 1. The summed E-state index contributed by atoms with van der Waals surface area (Å²) in [5.74, 6) is -0.568. The van der Waals surface area contributed by atoms with Crippen LogP contribution in [-0.4, -0.2) is 25.0 Å². The minimum Gasteiger partial charge on any atom is -0.348 e. The molecular weight excluding hydrogens is 357 g/mol. The average Bonchev–Trinajstić information content (AvgIpc) is 3.41. The van der Waals surface area contributed by atoms with Gasteiger partial charge < -0.3 is 14.5 Å². The predicted octanol–water partition coefficient (Wildman–Crippen LogP) is 3.19. The Bertz CT molecular complexity index is 1060. The molecule has 2 aromatic carbocycles. The lowest BCUT2D eigenvalue weighted by molar-refractivity contribution is 0.0951. The largest absolute Gasteiger partial charge is 0.348 e. The number of imidazole rings is 2. The Labute approximate surface area is 161 Å². The Balaban J connectivity index is 1.37. The highest BCUT2D eigenvalue weighted by Crippen LogP contribution is 2.15. The third-order valence-corrected chi connectivity index (χ3v) is 4.39. The zero-order valence-corrected chi connectivity index (χ0v) is 15.0. The van der Waals surface area contributed by atoms with Crippen LogP contribution in [0.4, 0.5) is 4.39 Å². The molecule has 0 atom stereocenters. The van der Waals surface area contributed by atoms with Gasteiger partial charge >= 0.3 is 0 Å². The van der Waals surface area contributed by atoms with Gasteiger partial charge in [0, 0.05) is 43.4 Å². The van der Waals surface area contributed by atoms with Crippen molar-refractivity contribution in [3.63, 3.8) is 0 Å². The maximum atomic E-state index is 14.3. The van der Waals surface area contributed by atoms with Crippen LogP contribution in [-0.2, 0) is 13.1 Å². The second-order valence-electron chi connectivity index (χ2n) is 6.37. The first-order chi connectivity index (χ1) is 13.7. The van der Waals surface area contributed by atoms with Gasteiger partial charge in [0.1, 0.15) is 5.82 Å². The first kappa shape index (κ1) is 17.7. The van der Waals surface area contributed by atoms with Crippen molar-refractivity contribution in [3.8, 4) is 5.69 Å². The predicted molar refractivity (Wildman–Crippen MR) is 102 cm³/mol. The highest BCUT2D eigenvalue weighted by atomic mass is 19.1. The van der Waals surface area contributed by atoms with Crippen molar-refractivity contribution in [1.29, 1.82) is 0 Å². The zero-order chi connectivity index (χ0) is 19.3. The summed E-state index contributed by atoms with van der Waals surface area (Å²) in [5.41, 5.74) is 2.74. The fraction of sp³-hybridized carbons (Fsp3) is 0.0952. The third-order valence-electron chi connectivity index (χ3n) is 4.39. The number of amides is 1. The maximum absolute atomic E-state index is 14.3. The van der Waals surface area contributed by atoms with E-state index in [9.17, 15) is 9.18 Å². The van der Waals surface area contributed by atoms with Crippen molar-refractivity contribution in [3.05, 3.63) is 102 Å². The first-order valence-electron chi connectivity index (χ1n) is 8.79. The Morgan fingerprint density at radius 3 is 2.39 bits per heavy atom. The van der Waals surface area contributed by atoms with Gasteiger partial charge in [0.2, 0.25) is 0 Å². The molecule has 0 aliphatic carbocycles. The van der Waals surface area contributed by atoms with Gasteiger partial charge in [0.15, 0.2) is 0 Å². The summed E-state index contributed by atoms with van der Waals surface area (Å²) in [6, 6.07) is 12.3. The third kappa shape index (κ3) is 3.98. The Hall–Kier alpha value is -3.74. The molecule has 0 aliphatic rings. The van der Waals surface area contributed by atoms with E-state index >= 15 is 0 Å². The summed E-state index contributed by atoms with van der Waals surface area (Å²) in [7, 11) is 0. The molecule has 4 aromatic rings. The van der Waals surface area contributed by atoms with Gasteiger partial charge in [0.25, 0.3) is 5.91 Å². The number of benzene rings is 2. The molecule has 0 radical (unpaired) electrons. The van der Waals surface area contributed by atoms with Crippen LogP contribution in [0.1, 0.15) is 21.5 Å². The molecule has 28 heavy (non-hydrogen) atoms. The SMILES string of the molecule is O=C(NCc1ccc(-n2ccnc2)c(F)c1)c1ccc(Cn2ccnc2)cc1. The van der Waals surface area contributed by atoms with Crippen molar-refractivity contribution in [2.75, 3.05) is 0 Å². The number of halogens is 1. The number of hydrogen-bond donors (Lipinski definition) is 1. The van der Waals surface area contributed by atoms with Crippen molar-refractivity contribution >= 4 is 5.91 Å². The van der Waals surface area contributed by atoms with E-state index in [0.29, 0.717) is 23.4 Å². The maximum Gasteiger partial charge on any atom is 0.251 e. The lowest BCUT2D eigenvalue weighted by atomic mass is 10.1. The molecule has 4 rings (SSSR count). The molecule has 0 saturated carbocycles. The number of nitrogens with one attached hydrogen (secondary N) is 1. The van der Waals surface area contributed by atoms with Crippen molar-refractivity contribution < 1.29 is 9.18 Å². The van der Waals surface area contributed by atoms with Gasteiger partial charge in [-0.3, -0.25) is 4.79 Å². The molecule has 1 amide bonds. The normalized spacial score (nSPS) is 10.8. The van der Waals surface area contributed by atoms with Crippen LogP contribution < -0.4 is 5.32 Å². The second-order valence-corrected chi connectivity index (χ2v) is 6.37. The molecule has 2 heterocycles. The van der Waals surface area contributed by atoms with E-state index in [1.165, 1.54) is 12.4 Å². The summed E-state index contributed by atoms with van der Waals surface area (Å²) < 4.78 is 17.8. The Kier molecular flexibility index (Phi) is 4.97. The van der Waals surface area contributed by atoms with E-state index in [0.717, 1.165) is 5.56 Å². The van der Waals surface area contributed by atoms with Crippen LogP contribution in [0.15, 0.2) is 79.9 Å². The summed E-state index contributed by atoms with van der Waals surface area (Å²) in [5, 5.41) is 2.82. The van der Waals surface area contributed by atoms with E-state index in [1.54, 1.807) is 53.8 Å². The van der Waals surface area contributed by atoms with Crippen molar-refractivity contribution in [1.82, 2.24) is 24.4 Å². The number of rotatable bonds is 6. The van der Waals surface area contributed by atoms with Crippen molar-refractivity contribution in [2.24, 2.45) is 0 Å². The molecule has 0 saturated heterocycles. The van der Waals surface area contributed by atoms with Gasteiger partial charge in [-0.2, -0.15) is 0 Å². The molecule has 0 bridgehead atoms. The molecular formula is C21H18FN5O. The minimum atomic E-state index is -0.367. The number of carbonyl (C=O) groups excluding carboxylic acids is 1. The molecule has 1 N–H and O–H groups in total. The highest BCUT2D eigenvalue weighted by Gasteiger charge is 2.08. The van der Waals surface area contributed by atoms with Crippen molar-refractivity contribution in [2.45, 2.75) is 13.1 Å². The molecule has 0 aliphatic heterocycles. The molecule has 7 heteroatoms. The van der Waals surface area contributed by atoms with Crippen LogP contribution in [0.3, 0.4) is 0 Å². The summed E-state index contributed by atoms with van der Waals surface area (Å²) >= 11 is 0. The first-order valence-corrected chi connectivity index (χ1v) is 8.79.